The fourth-order valence-electron chi connectivity index (χ4n) is 1.92. The SMILES string of the molecule is CCCCOCCOCCNC(=NC)NCCc1nc(C(C)C)no1. The molecule has 1 rings (SSSR count). The molecular formula is C17H33N5O3. The Balaban J connectivity index is 2.04. The van der Waals surface area contributed by atoms with Gasteiger partial charge in [-0.1, -0.05) is 32.3 Å². The number of aliphatic imine (C=N–C) groups is 1. The number of aromatic nitrogens is 2. The summed E-state index contributed by atoms with van der Waals surface area (Å²) in [7, 11) is 1.74. The summed E-state index contributed by atoms with van der Waals surface area (Å²) in [6.45, 7) is 10.3. The van der Waals surface area contributed by atoms with E-state index in [0.717, 1.165) is 31.2 Å². The van der Waals surface area contributed by atoms with Crippen LogP contribution in [-0.4, -0.2) is 62.7 Å². The van der Waals surface area contributed by atoms with Crippen molar-refractivity contribution in [2.45, 2.75) is 46.0 Å². The third-order valence-electron chi connectivity index (χ3n) is 3.41. The van der Waals surface area contributed by atoms with Crippen molar-refractivity contribution >= 4 is 5.96 Å². The van der Waals surface area contributed by atoms with E-state index in [1.165, 1.54) is 0 Å². The van der Waals surface area contributed by atoms with E-state index < -0.39 is 0 Å². The molecule has 0 aliphatic rings. The van der Waals surface area contributed by atoms with Gasteiger partial charge in [-0.25, -0.2) is 0 Å². The van der Waals surface area contributed by atoms with Gasteiger partial charge in [0.1, 0.15) is 0 Å². The Morgan fingerprint density at radius 2 is 1.84 bits per heavy atom. The summed E-state index contributed by atoms with van der Waals surface area (Å²) in [5.41, 5.74) is 0. The molecule has 1 heterocycles. The fraction of sp³-hybridized carbons (Fsp3) is 0.824. The number of ether oxygens (including phenoxy) is 2. The maximum absolute atomic E-state index is 5.50. The van der Waals surface area contributed by atoms with Gasteiger partial charge in [-0.15, -0.1) is 0 Å². The molecule has 0 bridgehead atoms. The summed E-state index contributed by atoms with van der Waals surface area (Å²) >= 11 is 0. The quantitative estimate of drug-likeness (QED) is 0.316. The molecule has 0 atom stereocenters. The lowest BCUT2D eigenvalue weighted by Crippen LogP contribution is -2.39. The van der Waals surface area contributed by atoms with Crippen molar-refractivity contribution in [2.24, 2.45) is 4.99 Å². The fourth-order valence-corrected chi connectivity index (χ4v) is 1.92. The van der Waals surface area contributed by atoms with Gasteiger partial charge in [0.15, 0.2) is 11.8 Å². The third-order valence-corrected chi connectivity index (χ3v) is 3.41. The summed E-state index contributed by atoms with van der Waals surface area (Å²) < 4.78 is 16.1. The Hall–Kier alpha value is -1.67. The number of hydrogen-bond acceptors (Lipinski definition) is 6. The Morgan fingerprint density at radius 3 is 2.48 bits per heavy atom. The number of nitrogens with zero attached hydrogens (tertiary/aromatic N) is 3. The van der Waals surface area contributed by atoms with Gasteiger partial charge in [0.2, 0.25) is 5.89 Å². The average molecular weight is 355 g/mol. The van der Waals surface area contributed by atoms with Crippen LogP contribution < -0.4 is 10.6 Å². The molecule has 0 aliphatic heterocycles. The lowest BCUT2D eigenvalue weighted by atomic mass is 10.2. The first kappa shape index (κ1) is 21.4. The van der Waals surface area contributed by atoms with Crippen LogP contribution in [0.25, 0.3) is 0 Å². The highest BCUT2D eigenvalue weighted by atomic mass is 16.5. The largest absolute Gasteiger partial charge is 0.379 e. The molecule has 0 fully saturated rings. The summed E-state index contributed by atoms with van der Waals surface area (Å²) in [6.07, 6.45) is 2.92. The zero-order chi connectivity index (χ0) is 18.3. The molecule has 1 aromatic heterocycles. The molecule has 8 heteroatoms. The van der Waals surface area contributed by atoms with Crippen LogP contribution in [0.1, 0.15) is 51.2 Å². The van der Waals surface area contributed by atoms with Crippen molar-refractivity contribution in [1.29, 1.82) is 0 Å². The maximum Gasteiger partial charge on any atom is 0.228 e. The third kappa shape index (κ3) is 10.0. The molecule has 1 aromatic rings. The van der Waals surface area contributed by atoms with Crippen molar-refractivity contribution in [3.05, 3.63) is 11.7 Å². The first-order chi connectivity index (χ1) is 12.2. The van der Waals surface area contributed by atoms with E-state index in [1.54, 1.807) is 7.05 Å². The Bertz CT molecular complexity index is 477. The maximum atomic E-state index is 5.50. The summed E-state index contributed by atoms with van der Waals surface area (Å²) in [4.78, 5) is 8.51. The average Bonchev–Trinajstić information content (AvgIpc) is 3.08. The number of guanidine groups is 1. The number of nitrogens with one attached hydrogen (secondary N) is 2. The second-order valence-electron chi connectivity index (χ2n) is 5.96. The van der Waals surface area contributed by atoms with Crippen molar-refractivity contribution in [3.8, 4) is 0 Å². The molecule has 0 aromatic carbocycles. The molecule has 0 aliphatic carbocycles. The number of rotatable bonds is 13. The lowest BCUT2D eigenvalue weighted by molar-refractivity contribution is 0.0487. The lowest BCUT2D eigenvalue weighted by Gasteiger charge is -2.11. The zero-order valence-corrected chi connectivity index (χ0v) is 16.0. The van der Waals surface area contributed by atoms with E-state index in [0.29, 0.717) is 45.2 Å². The minimum absolute atomic E-state index is 0.275. The van der Waals surface area contributed by atoms with Crippen LogP contribution >= 0.6 is 0 Å². The van der Waals surface area contributed by atoms with Crippen LogP contribution in [0.2, 0.25) is 0 Å². The van der Waals surface area contributed by atoms with E-state index in [9.17, 15) is 0 Å². The molecule has 8 nitrogen and oxygen atoms in total. The Labute approximate surface area is 150 Å². The zero-order valence-electron chi connectivity index (χ0n) is 16.0. The van der Waals surface area contributed by atoms with Gasteiger partial charge in [0, 0.05) is 39.1 Å². The molecule has 144 valence electrons. The highest BCUT2D eigenvalue weighted by Gasteiger charge is 2.09. The normalized spacial score (nSPS) is 12.0. The molecule has 0 saturated carbocycles. The van der Waals surface area contributed by atoms with E-state index in [-0.39, 0.29) is 5.92 Å². The van der Waals surface area contributed by atoms with Gasteiger partial charge in [-0.05, 0) is 6.42 Å². The van der Waals surface area contributed by atoms with Gasteiger partial charge in [0.25, 0.3) is 0 Å². The van der Waals surface area contributed by atoms with Gasteiger partial charge in [-0.2, -0.15) is 4.98 Å². The van der Waals surface area contributed by atoms with Crippen molar-refractivity contribution < 1.29 is 14.0 Å². The molecule has 0 unspecified atom stereocenters. The topological polar surface area (TPSA) is 93.8 Å². The number of unbranched alkanes of at least 4 members (excludes halogenated alkanes) is 1. The molecule has 0 radical (unpaired) electrons. The summed E-state index contributed by atoms with van der Waals surface area (Å²) in [5, 5.41) is 10.4. The predicted molar refractivity (Wildman–Crippen MR) is 98.0 cm³/mol. The highest BCUT2D eigenvalue weighted by Crippen LogP contribution is 2.09. The molecular weight excluding hydrogens is 322 g/mol. The van der Waals surface area contributed by atoms with Crippen molar-refractivity contribution in [1.82, 2.24) is 20.8 Å². The van der Waals surface area contributed by atoms with Gasteiger partial charge in [-0.3, -0.25) is 4.99 Å². The van der Waals surface area contributed by atoms with Gasteiger partial charge >= 0.3 is 0 Å². The highest BCUT2D eigenvalue weighted by molar-refractivity contribution is 5.79. The van der Waals surface area contributed by atoms with Crippen LogP contribution in [0, 0.1) is 0 Å². The van der Waals surface area contributed by atoms with Crippen LogP contribution in [0.15, 0.2) is 9.52 Å². The minimum Gasteiger partial charge on any atom is -0.379 e. The standard InChI is InChI=1S/C17H33N5O3/c1-5-6-10-23-12-13-24-11-9-20-17(18-4)19-8-7-15-21-16(14(2)3)22-25-15/h14H,5-13H2,1-4H3,(H2,18,19,20). The van der Waals surface area contributed by atoms with Crippen LogP contribution in [0.5, 0.6) is 0 Å². The number of hydrogen-bond donors (Lipinski definition) is 2. The van der Waals surface area contributed by atoms with E-state index >= 15 is 0 Å². The molecule has 0 saturated heterocycles. The second kappa shape index (κ2) is 13.6. The first-order valence-corrected chi connectivity index (χ1v) is 9.09. The van der Waals surface area contributed by atoms with Gasteiger partial charge < -0.3 is 24.6 Å². The summed E-state index contributed by atoms with van der Waals surface area (Å²) in [6, 6.07) is 0. The van der Waals surface area contributed by atoms with Crippen LogP contribution in [-0.2, 0) is 15.9 Å². The Kier molecular flexibility index (Phi) is 11.6. The van der Waals surface area contributed by atoms with Crippen molar-refractivity contribution in [3.63, 3.8) is 0 Å². The summed E-state index contributed by atoms with van der Waals surface area (Å²) in [5.74, 6) is 2.38. The van der Waals surface area contributed by atoms with E-state index in [1.807, 2.05) is 13.8 Å². The molecule has 2 N–H and O–H groups in total. The molecule has 0 spiro atoms. The molecule has 0 amide bonds. The minimum atomic E-state index is 0.275. The van der Waals surface area contributed by atoms with Crippen LogP contribution in [0.3, 0.4) is 0 Å². The van der Waals surface area contributed by atoms with Crippen LogP contribution in [0.4, 0.5) is 0 Å². The Morgan fingerprint density at radius 1 is 1.12 bits per heavy atom. The predicted octanol–water partition coefficient (Wildman–Crippen LogP) is 1.73. The smallest absolute Gasteiger partial charge is 0.228 e. The first-order valence-electron chi connectivity index (χ1n) is 9.09. The van der Waals surface area contributed by atoms with E-state index in [4.69, 9.17) is 14.0 Å². The monoisotopic (exact) mass is 355 g/mol. The second-order valence-corrected chi connectivity index (χ2v) is 5.96. The van der Waals surface area contributed by atoms with Crippen molar-refractivity contribution in [2.75, 3.05) is 46.6 Å². The molecule has 25 heavy (non-hydrogen) atoms. The van der Waals surface area contributed by atoms with Gasteiger partial charge in [0.05, 0.1) is 19.8 Å². The van der Waals surface area contributed by atoms with E-state index in [2.05, 4.69) is 32.7 Å².